The van der Waals surface area contributed by atoms with Crippen molar-refractivity contribution >= 4 is 23.6 Å². The predicted molar refractivity (Wildman–Crippen MR) is 181 cm³/mol. The second kappa shape index (κ2) is 26.5. The molecule has 254 valence electrons. The highest BCUT2D eigenvalue weighted by molar-refractivity contribution is 5.97. The smallest absolute Gasteiger partial charge is 0.229 e. The summed E-state index contributed by atoms with van der Waals surface area (Å²) in [5.74, 6) is -0.537. The lowest BCUT2D eigenvalue weighted by Gasteiger charge is -2.26. The quantitative estimate of drug-likeness (QED) is 0.296. The molecule has 2 heterocycles. The van der Waals surface area contributed by atoms with Gasteiger partial charge in [-0.05, 0) is 25.7 Å². The van der Waals surface area contributed by atoms with Crippen molar-refractivity contribution in [2.45, 2.75) is 205 Å². The molecule has 6 nitrogen and oxygen atoms in total. The van der Waals surface area contributed by atoms with Crippen LogP contribution in [-0.2, 0) is 19.2 Å². The van der Waals surface area contributed by atoms with E-state index in [1.165, 1.54) is 113 Å². The molecule has 0 aromatic heterocycles. The topological polar surface area (TPSA) is 74.8 Å². The maximum absolute atomic E-state index is 13.3. The highest BCUT2D eigenvalue weighted by atomic mass is 16.2. The van der Waals surface area contributed by atoms with Crippen molar-refractivity contribution in [2.75, 3.05) is 13.1 Å². The van der Waals surface area contributed by atoms with E-state index in [1.807, 2.05) is 0 Å². The number of carbonyl (C=O) groups is 4. The van der Waals surface area contributed by atoms with Crippen molar-refractivity contribution in [3.05, 3.63) is 0 Å². The summed E-state index contributed by atoms with van der Waals surface area (Å²) in [6.07, 6.45) is 33.8. The van der Waals surface area contributed by atoms with E-state index in [0.29, 0.717) is 25.7 Å². The molecule has 2 aliphatic rings. The van der Waals surface area contributed by atoms with Gasteiger partial charge in [0, 0.05) is 38.8 Å². The van der Waals surface area contributed by atoms with Crippen LogP contribution in [0.15, 0.2) is 0 Å². The van der Waals surface area contributed by atoms with E-state index in [9.17, 15) is 19.2 Å². The summed E-state index contributed by atoms with van der Waals surface area (Å²) in [6, 6.07) is 0. The number of hydrogen-bond acceptors (Lipinski definition) is 4. The second-order valence-electron chi connectivity index (χ2n) is 13.8. The normalized spacial score (nSPS) is 23.1. The second-order valence-corrected chi connectivity index (χ2v) is 13.8. The van der Waals surface area contributed by atoms with Crippen molar-refractivity contribution in [1.82, 2.24) is 9.80 Å². The zero-order valence-electron chi connectivity index (χ0n) is 28.6. The Morgan fingerprint density at radius 2 is 0.386 bits per heavy atom. The average Bonchev–Trinajstić information content (AvgIpc) is 3.01. The van der Waals surface area contributed by atoms with Gasteiger partial charge in [0.05, 0.1) is 0 Å². The summed E-state index contributed by atoms with van der Waals surface area (Å²) in [5, 5.41) is 0. The Labute approximate surface area is 270 Å². The van der Waals surface area contributed by atoms with Crippen LogP contribution < -0.4 is 0 Å². The summed E-state index contributed by atoms with van der Waals surface area (Å²) >= 11 is 0. The first-order valence-electron chi connectivity index (χ1n) is 19.3. The number of carbonyl (C=O) groups excluding carboxylic acids is 4. The average molecular weight is 617 g/mol. The predicted octanol–water partition coefficient (Wildman–Crippen LogP) is 10.2. The standard InChI is InChI=1S/C38H68N2O4/c41-35-29-25-21-17-13-9-5-1-2-6-10-14-18-22-26-30-36(42)39(35)33-34-40-37(43)31-27-23-19-15-11-7-3-4-8-12-16-20-24-28-32-38(40)44/h1-34H2. The van der Waals surface area contributed by atoms with Crippen LogP contribution in [-0.4, -0.2) is 46.5 Å². The van der Waals surface area contributed by atoms with Crippen LogP contribution in [0.2, 0.25) is 0 Å². The summed E-state index contributed by atoms with van der Waals surface area (Å²) < 4.78 is 0. The lowest BCUT2D eigenvalue weighted by Crippen LogP contribution is -2.46. The Kier molecular flexibility index (Phi) is 23.2. The van der Waals surface area contributed by atoms with E-state index in [-0.39, 0.29) is 36.7 Å². The summed E-state index contributed by atoms with van der Waals surface area (Å²) in [7, 11) is 0. The van der Waals surface area contributed by atoms with Gasteiger partial charge >= 0.3 is 0 Å². The molecule has 0 spiro atoms. The highest BCUT2D eigenvalue weighted by Gasteiger charge is 2.26. The molecule has 0 aliphatic carbocycles. The molecule has 0 atom stereocenters. The molecule has 2 aliphatic heterocycles. The van der Waals surface area contributed by atoms with Gasteiger partial charge in [-0.3, -0.25) is 29.0 Å². The Morgan fingerprint density at radius 1 is 0.250 bits per heavy atom. The Morgan fingerprint density at radius 3 is 0.545 bits per heavy atom. The van der Waals surface area contributed by atoms with Crippen molar-refractivity contribution in [1.29, 1.82) is 0 Å². The molecule has 0 N–H and O–H groups in total. The van der Waals surface area contributed by atoms with Crippen LogP contribution in [0.1, 0.15) is 205 Å². The Hall–Kier alpha value is -1.72. The summed E-state index contributed by atoms with van der Waals surface area (Å²) in [6.45, 7) is 0.268. The fraction of sp³-hybridized carbons (Fsp3) is 0.895. The third-order valence-electron chi connectivity index (χ3n) is 9.81. The molecule has 4 amide bonds. The maximum atomic E-state index is 13.3. The molecule has 0 aromatic carbocycles. The molecule has 6 heteroatoms. The van der Waals surface area contributed by atoms with Gasteiger partial charge in [-0.15, -0.1) is 0 Å². The van der Waals surface area contributed by atoms with Gasteiger partial charge in [-0.2, -0.15) is 0 Å². The molecule has 44 heavy (non-hydrogen) atoms. The number of amides is 4. The molecule has 0 unspecified atom stereocenters. The van der Waals surface area contributed by atoms with E-state index < -0.39 is 0 Å². The van der Waals surface area contributed by atoms with Crippen LogP contribution in [0, 0.1) is 0 Å². The first-order valence-corrected chi connectivity index (χ1v) is 19.3. The third kappa shape index (κ3) is 18.9. The molecule has 2 rings (SSSR count). The Bertz CT molecular complexity index is 659. The fourth-order valence-corrected chi connectivity index (χ4v) is 6.86. The molecule has 2 fully saturated rings. The van der Waals surface area contributed by atoms with Crippen molar-refractivity contribution < 1.29 is 19.2 Å². The van der Waals surface area contributed by atoms with Gasteiger partial charge in [-0.1, -0.05) is 154 Å². The van der Waals surface area contributed by atoms with Crippen molar-refractivity contribution in [2.24, 2.45) is 0 Å². The van der Waals surface area contributed by atoms with Crippen molar-refractivity contribution in [3.63, 3.8) is 0 Å². The molecular weight excluding hydrogens is 548 g/mol. The minimum Gasteiger partial charge on any atom is -0.281 e. The van der Waals surface area contributed by atoms with Crippen LogP contribution in [0.5, 0.6) is 0 Å². The molecule has 0 bridgehead atoms. The first-order chi connectivity index (χ1) is 21.6. The minimum absolute atomic E-state index is 0.134. The largest absolute Gasteiger partial charge is 0.281 e. The van der Waals surface area contributed by atoms with Crippen molar-refractivity contribution in [3.8, 4) is 0 Å². The van der Waals surface area contributed by atoms with Gasteiger partial charge in [-0.25, -0.2) is 0 Å². The minimum atomic E-state index is -0.134. The van der Waals surface area contributed by atoms with E-state index >= 15 is 0 Å². The first kappa shape index (κ1) is 38.5. The lowest BCUT2D eigenvalue weighted by atomic mass is 10.0. The SMILES string of the molecule is O=C1CCCCCCCCCCCCCCCCC(=O)N1CCN1C(=O)CCCCCCCCCCCCCCCCC1=O. The van der Waals surface area contributed by atoms with E-state index in [2.05, 4.69) is 0 Å². The maximum Gasteiger partial charge on any atom is 0.229 e. The third-order valence-corrected chi connectivity index (χ3v) is 9.81. The molecule has 0 aromatic rings. The molecular formula is C38H68N2O4. The van der Waals surface area contributed by atoms with Gasteiger partial charge in [0.2, 0.25) is 23.6 Å². The summed E-state index contributed by atoms with van der Waals surface area (Å²) in [5.41, 5.74) is 0. The van der Waals surface area contributed by atoms with E-state index in [0.717, 1.165) is 77.0 Å². The summed E-state index contributed by atoms with van der Waals surface area (Å²) in [4.78, 5) is 56.1. The van der Waals surface area contributed by atoms with Gasteiger partial charge < -0.3 is 0 Å². The van der Waals surface area contributed by atoms with E-state index in [1.54, 1.807) is 0 Å². The number of imide groups is 2. The van der Waals surface area contributed by atoms with Gasteiger partial charge in [0.15, 0.2) is 0 Å². The van der Waals surface area contributed by atoms with Gasteiger partial charge in [0.1, 0.15) is 0 Å². The zero-order valence-corrected chi connectivity index (χ0v) is 28.6. The molecule has 2 saturated heterocycles. The fourth-order valence-electron chi connectivity index (χ4n) is 6.86. The number of hydrogen-bond donors (Lipinski definition) is 0. The van der Waals surface area contributed by atoms with Crippen LogP contribution >= 0.6 is 0 Å². The van der Waals surface area contributed by atoms with Gasteiger partial charge in [0.25, 0.3) is 0 Å². The van der Waals surface area contributed by atoms with Crippen LogP contribution in [0.3, 0.4) is 0 Å². The van der Waals surface area contributed by atoms with Crippen LogP contribution in [0.4, 0.5) is 0 Å². The Balaban J connectivity index is 1.99. The zero-order chi connectivity index (χ0) is 31.5. The highest BCUT2D eigenvalue weighted by Crippen LogP contribution is 2.18. The lowest BCUT2D eigenvalue weighted by molar-refractivity contribution is -0.150. The molecule has 0 saturated carbocycles. The molecule has 0 radical (unpaired) electrons. The number of nitrogens with zero attached hydrogens (tertiary/aromatic N) is 2. The number of rotatable bonds is 3. The van der Waals surface area contributed by atoms with E-state index in [4.69, 9.17) is 0 Å². The van der Waals surface area contributed by atoms with Crippen LogP contribution in [0.25, 0.3) is 0 Å². The monoisotopic (exact) mass is 617 g/mol.